The lowest BCUT2D eigenvalue weighted by Gasteiger charge is -2.26. The summed E-state index contributed by atoms with van der Waals surface area (Å²) in [6.45, 7) is 4.04. The predicted molar refractivity (Wildman–Crippen MR) is 49.7 cm³/mol. The fourth-order valence-corrected chi connectivity index (χ4v) is 1.80. The van der Waals surface area contributed by atoms with Crippen LogP contribution in [0, 0.1) is 0 Å². The zero-order valence-electron chi connectivity index (χ0n) is 7.62. The van der Waals surface area contributed by atoms with Gasteiger partial charge in [-0.05, 0) is 25.4 Å². The number of fused-ring (bicyclic) bond motifs is 1. The van der Waals surface area contributed by atoms with Gasteiger partial charge in [0.05, 0.1) is 17.9 Å². The van der Waals surface area contributed by atoms with Gasteiger partial charge in [0, 0.05) is 18.2 Å². The molecular weight excluding hydrogens is 188 g/mol. The van der Waals surface area contributed by atoms with Crippen molar-refractivity contribution in [2.75, 3.05) is 0 Å². The highest BCUT2D eigenvalue weighted by Gasteiger charge is 2.23. The summed E-state index contributed by atoms with van der Waals surface area (Å²) in [6.07, 6.45) is 2.87. The molecule has 2 heterocycles. The van der Waals surface area contributed by atoms with Gasteiger partial charge in [0.1, 0.15) is 0 Å². The van der Waals surface area contributed by atoms with Crippen LogP contribution in [0.15, 0.2) is 6.20 Å². The van der Waals surface area contributed by atoms with E-state index in [9.17, 15) is 0 Å². The van der Waals surface area contributed by atoms with Crippen LogP contribution in [0.1, 0.15) is 31.2 Å². The summed E-state index contributed by atoms with van der Waals surface area (Å²) in [5, 5.41) is 0.319. The summed E-state index contributed by atoms with van der Waals surface area (Å²) in [5.74, 6) is 0. The summed E-state index contributed by atoms with van der Waals surface area (Å²) in [5.41, 5.74) is 2.08. The van der Waals surface area contributed by atoms with Crippen molar-refractivity contribution < 1.29 is 4.74 Å². The van der Waals surface area contributed by atoms with Gasteiger partial charge in [0.25, 0.3) is 0 Å². The molecule has 0 aliphatic carbocycles. The Kier molecular flexibility index (Phi) is 2.22. The Balaban J connectivity index is 2.43. The molecule has 0 bridgehead atoms. The minimum Gasteiger partial charge on any atom is -0.370 e. The van der Waals surface area contributed by atoms with Crippen LogP contribution in [-0.4, -0.2) is 16.1 Å². The molecule has 0 aromatic carbocycles. The average molecular weight is 199 g/mol. The van der Waals surface area contributed by atoms with Gasteiger partial charge in [0.2, 0.25) is 5.28 Å². The third-order valence-electron chi connectivity index (χ3n) is 2.23. The molecule has 4 heteroatoms. The molecule has 1 aliphatic rings. The zero-order valence-corrected chi connectivity index (χ0v) is 8.38. The van der Waals surface area contributed by atoms with Crippen LogP contribution in [0.3, 0.4) is 0 Å². The second-order valence-corrected chi connectivity index (χ2v) is 3.67. The molecule has 0 saturated heterocycles. The van der Waals surface area contributed by atoms with E-state index in [2.05, 4.69) is 9.97 Å². The summed E-state index contributed by atoms with van der Waals surface area (Å²) >= 11 is 5.71. The summed E-state index contributed by atoms with van der Waals surface area (Å²) < 4.78 is 5.63. The van der Waals surface area contributed by atoms with Crippen molar-refractivity contribution in [2.24, 2.45) is 0 Å². The first-order chi connectivity index (χ1) is 6.16. The lowest BCUT2D eigenvalue weighted by Crippen LogP contribution is -2.23. The molecule has 0 radical (unpaired) electrons. The zero-order chi connectivity index (χ0) is 9.42. The Morgan fingerprint density at radius 2 is 2.31 bits per heavy atom. The maximum atomic E-state index is 5.71. The minimum absolute atomic E-state index is 0.0796. The second-order valence-electron chi connectivity index (χ2n) is 3.33. The van der Waals surface area contributed by atoms with Crippen LogP contribution in [0.2, 0.25) is 5.28 Å². The number of aromatic nitrogens is 2. The van der Waals surface area contributed by atoms with Gasteiger partial charge in [0.15, 0.2) is 0 Å². The maximum absolute atomic E-state index is 5.71. The van der Waals surface area contributed by atoms with E-state index in [4.69, 9.17) is 16.3 Å². The van der Waals surface area contributed by atoms with Crippen LogP contribution in [0.25, 0.3) is 0 Å². The first-order valence-corrected chi connectivity index (χ1v) is 4.71. The van der Waals surface area contributed by atoms with Crippen molar-refractivity contribution in [3.8, 4) is 0 Å². The van der Waals surface area contributed by atoms with E-state index in [1.807, 2.05) is 13.8 Å². The van der Waals surface area contributed by atoms with Crippen molar-refractivity contribution in [3.63, 3.8) is 0 Å². The van der Waals surface area contributed by atoms with Crippen molar-refractivity contribution >= 4 is 11.6 Å². The molecule has 1 aromatic heterocycles. The van der Waals surface area contributed by atoms with Gasteiger partial charge >= 0.3 is 0 Å². The molecule has 2 unspecified atom stereocenters. The van der Waals surface area contributed by atoms with Crippen LogP contribution in [-0.2, 0) is 11.2 Å². The first-order valence-electron chi connectivity index (χ1n) is 4.33. The fourth-order valence-electron chi connectivity index (χ4n) is 1.65. The third-order valence-corrected chi connectivity index (χ3v) is 2.41. The number of ether oxygens (including phenoxy) is 1. The molecule has 0 N–H and O–H groups in total. The number of hydrogen-bond acceptors (Lipinski definition) is 3. The standard InChI is InChI=1S/C9H11ClN2O/c1-5-3-8-7(6(2)13-5)4-11-9(10)12-8/h4-6H,3H2,1-2H3. The Morgan fingerprint density at radius 1 is 1.54 bits per heavy atom. The van der Waals surface area contributed by atoms with Gasteiger partial charge < -0.3 is 4.74 Å². The molecule has 0 amide bonds. The van der Waals surface area contributed by atoms with E-state index in [1.54, 1.807) is 6.20 Å². The lowest BCUT2D eigenvalue weighted by atomic mass is 10.0. The van der Waals surface area contributed by atoms with E-state index in [-0.39, 0.29) is 12.2 Å². The molecule has 2 atom stereocenters. The van der Waals surface area contributed by atoms with E-state index in [0.717, 1.165) is 17.7 Å². The highest BCUT2D eigenvalue weighted by molar-refractivity contribution is 6.28. The Labute approximate surface area is 82.1 Å². The van der Waals surface area contributed by atoms with Crippen molar-refractivity contribution in [1.82, 2.24) is 9.97 Å². The Bertz CT molecular complexity index is 329. The van der Waals surface area contributed by atoms with E-state index < -0.39 is 0 Å². The Morgan fingerprint density at radius 3 is 3.08 bits per heavy atom. The highest BCUT2D eigenvalue weighted by atomic mass is 35.5. The SMILES string of the molecule is CC1Cc2nc(Cl)ncc2C(C)O1. The van der Waals surface area contributed by atoms with E-state index in [0.29, 0.717) is 5.28 Å². The topological polar surface area (TPSA) is 35.0 Å². The number of halogens is 1. The largest absolute Gasteiger partial charge is 0.370 e. The molecule has 0 fully saturated rings. The smallest absolute Gasteiger partial charge is 0.222 e. The highest BCUT2D eigenvalue weighted by Crippen LogP contribution is 2.28. The molecule has 1 aliphatic heterocycles. The van der Waals surface area contributed by atoms with Gasteiger partial charge in [-0.15, -0.1) is 0 Å². The summed E-state index contributed by atoms with van der Waals surface area (Å²) in [4.78, 5) is 8.13. The van der Waals surface area contributed by atoms with Gasteiger partial charge in [-0.25, -0.2) is 9.97 Å². The summed E-state index contributed by atoms with van der Waals surface area (Å²) in [7, 11) is 0. The normalized spacial score (nSPS) is 27.0. The van der Waals surface area contributed by atoms with Crippen molar-refractivity contribution in [1.29, 1.82) is 0 Å². The van der Waals surface area contributed by atoms with Crippen LogP contribution < -0.4 is 0 Å². The van der Waals surface area contributed by atoms with Crippen molar-refractivity contribution in [3.05, 3.63) is 22.7 Å². The van der Waals surface area contributed by atoms with Crippen molar-refractivity contribution in [2.45, 2.75) is 32.5 Å². The number of rotatable bonds is 0. The van der Waals surface area contributed by atoms with Gasteiger partial charge in [-0.2, -0.15) is 0 Å². The van der Waals surface area contributed by atoms with E-state index >= 15 is 0 Å². The molecule has 3 nitrogen and oxygen atoms in total. The fraction of sp³-hybridized carbons (Fsp3) is 0.556. The summed E-state index contributed by atoms with van der Waals surface area (Å²) in [6, 6.07) is 0. The second kappa shape index (κ2) is 3.24. The quantitative estimate of drug-likeness (QED) is 0.600. The Hall–Kier alpha value is -0.670. The number of nitrogens with zero attached hydrogens (tertiary/aromatic N) is 2. The molecule has 1 aromatic rings. The van der Waals surface area contributed by atoms with Gasteiger partial charge in [-0.3, -0.25) is 0 Å². The third kappa shape index (κ3) is 1.67. The molecule has 0 spiro atoms. The molecule has 2 rings (SSSR count). The van der Waals surface area contributed by atoms with Crippen LogP contribution in [0.5, 0.6) is 0 Å². The van der Waals surface area contributed by atoms with E-state index in [1.165, 1.54) is 0 Å². The first kappa shape index (κ1) is 8.91. The monoisotopic (exact) mass is 198 g/mol. The molecular formula is C9H11ClN2O. The average Bonchev–Trinajstić information content (AvgIpc) is 2.02. The van der Waals surface area contributed by atoms with Crippen LogP contribution in [0.4, 0.5) is 0 Å². The number of hydrogen-bond donors (Lipinski definition) is 0. The van der Waals surface area contributed by atoms with Crippen LogP contribution >= 0.6 is 11.6 Å². The predicted octanol–water partition coefficient (Wildman–Crippen LogP) is 2.15. The maximum Gasteiger partial charge on any atom is 0.222 e. The molecule has 0 saturated carbocycles. The molecule has 70 valence electrons. The van der Waals surface area contributed by atoms with Gasteiger partial charge in [-0.1, -0.05) is 0 Å². The lowest BCUT2D eigenvalue weighted by molar-refractivity contribution is -0.00622. The molecule has 13 heavy (non-hydrogen) atoms. The minimum atomic E-state index is 0.0796.